The number of nitro benzene ring substituents is 2. The molecule has 0 radical (unpaired) electrons. The molecule has 0 N–H and O–H groups in total. The topological polar surface area (TPSA) is 122 Å². The Kier molecular flexibility index (Phi) is 6.37. The van der Waals surface area contributed by atoms with Crippen LogP contribution in [0.15, 0.2) is 60.9 Å². The van der Waals surface area contributed by atoms with Crippen molar-refractivity contribution in [3.63, 3.8) is 0 Å². The molecule has 4 heterocycles. The Morgan fingerprint density at radius 2 is 1.05 bits per heavy atom. The van der Waals surface area contributed by atoms with Gasteiger partial charge in [-0.1, -0.05) is 12.8 Å². The van der Waals surface area contributed by atoms with E-state index in [1.807, 2.05) is 38.1 Å². The second kappa shape index (κ2) is 10.0. The molecule has 0 saturated carbocycles. The predicted molar refractivity (Wildman–Crippen MR) is 156 cm³/mol. The van der Waals surface area contributed by atoms with Gasteiger partial charge in [0.15, 0.2) is 0 Å². The fourth-order valence-electron chi connectivity index (χ4n) is 6.01. The third kappa shape index (κ3) is 4.21. The summed E-state index contributed by atoms with van der Waals surface area (Å²) in [5.74, 6) is 0. The summed E-state index contributed by atoms with van der Waals surface area (Å²) >= 11 is 0. The number of hydrogen-bond donors (Lipinski definition) is 0. The number of rotatable bonds is 9. The van der Waals surface area contributed by atoms with E-state index in [0.717, 1.165) is 93.8 Å². The molecule has 2 aromatic carbocycles. The van der Waals surface area contributed by atoms with Gasteiger partial charge >= 0.3 is 0 Å². The summed E-state index contributed by atoms with van der Waals surface area (Å²) in [6.07, 6.45) is 7.48. The fourth-order valence-corrected chi connectivity index (χ4v) is 6.01. The molecule has 0 amide bonds. The van der Waals surface area contributed by atoms with Crippen LogP contribution in [-0.2, 0) is 13.1 Å². The highest BCUT2D eigenvalue weighted by atomic mass is 16.6. The van der Waals surface area contributed by atoms with Gasteiger partial charge in [-0.05, 0) is 51.0 Å². The monoisotopic (exact) mass is 536 g/mol. The van der Waals surface area contributed by atoms with Crippen molar-refractivity contribution in [2.24, 2.45) is 0 Å². The second-order valence-corrected chi connectivity index (χ2v) is 10.2. The van der Waals surface area contributed by atoms with E-state index in [9.17, 15) is 20.2 Å². The zero-order chi connectivity index (χ0) is 28.0. The average Bonchev–Trinajstić information content (AvgIpc) is 3.44. The van der Waals surface area contributed by atoms with E-state index >= 15 is 0 Å². The largest absolute Gasteiger partial charge is 0.339 e. The maximum Gasteiger partial charge on any atom is 0.270 e. The Balaban J connectivity index is 1.19. The molecule has 10 nitrogen and oxygen atoms in total. The molecule has 4 aromatic heterocycles. The smallest absolute Gasteiger partial charge is 0.270 e. The fraction of sp³-hybridized carbons (Fsp3) is 0.267. The van der Waals surface area contributed by atoms with Crippen molar-refractivity contribution in [3.8, 4) is 0 Å². The number of hydrogen-bond acceptors (Lipinski definition) is 6. The van der Waals surface area contributed by atoms with Crippen LogP contribution in [-0.4, -0.2) is 28.9 Å². The van der Waals surface area contributed by atoms with E-state index in [1.54, 1.807) is 36.7 Å². The third-order valence-electron chi connectivity index (χ3n) is 7.81. The van der Waals surface area contributed by atoms with E-state index in [0.29, 0.717) is 0 Å². The van der Waals surface area contributed by atoms with E-state index in [-0.39, 0.29) is 21.2 Å². The van der Waals surface area contributed by atoms with Gasteiger partial charge in [-0.25, -0.2) is 0 Å². The van der Waals surface area contributed by atoms with Crippen molar-refractivity contribution in [2.75, 3.05) is 0 Å². The van der Waals surface area contributed by atoms with Gasteiger partial charge in [0.1, 0.15) is 0 Å². The summed E-state index contributed by atoms with van der Waals surface area (Å²) in [4.78, 5) is 31.0. The van der Waals surface area contributed by atoms with Gasteiger partial charge in [0, 0.05) is 82.3 Å². The van der Waals surface area contributed by atoms with Gasteiger partial charge in [0.25, 0.3) is 11.4 Å². The van der Waals surface area contributed by atoms with Crippen molar-refractivity contribution in [1.29, 1.82) is 0 Å². The van der Waals surface area contributed by atoms with Crippen molar-refractivity contribution in [2.45, 2.75) is 52.6 Å². The first kappa shape index (κ1) is 25.4. The Labute approximate surface area is 229 Å². The number of aryl methyl sites for hydroxylation is 4. The first-order valence-electron chi connectivity index (χ1n) is 13.4. The summed E-state index contributed by atoms with van der Waals surface area (Å²) in [6, 6.07) is 14.0. The molecule has 202 valence electrons. The zero-order valence-electron chi connectivity index (χ0n) is 22.3. The van der Waals surface area contributed by atoms with Crippen molar-refractivity contribution < 1.29 is 9.85 Å². The van der Waals surface area contributed by atoms with E-state index in [4.69, 9.17) is 0 Å². The maximum absolute atomic E-state index is 11.4. The number of pyridine rings is 2. The highest BCUT2D eigenvalue weighted by Gasteiger charge is 2.18. The lowest BCUT2D eigenvalue weighted by atomic mass is 10.1. The number of fused-ring (bicyclic) bond motifs is 6. The minimum absolute atomic E-state index is 0.0890. The molecule has 6 rings (SSSR count). The number of benzene rings is 2. The van der Waals surface area contributed by atoms with Crippen LogP contribution in [0.25, 0.3) is 43.6 Å². The van der Waals surface area contributed by atoms with Gasteiger partial charge < -0.3 is 9.13 Å². The molecule has 0 bridgehead atoms. The highest BCUT2D eigenvalue weighted by molar-refractivity contribution is 6.10. The molecule has 40 heavy (non-hydrogen) atoms. The van der Waals surface area contributed by atoms with Crippen LogP contribution in [0.5, 0.6) is 0 Å². The third-order valence-corrected chi connectivity index (χ3v) is 7.81. The molecule has 0 unspecified atom stereocenters. The summed E-state index contributed by atoms with van der Waals surface area (Å²) < 4.78 is 4.48. The maximum atomic E-state index is 11.4. The predicted octanol–water partition coefficient (Wildman–Crippen LogP) is 7.39. The number of non-ortho nitro benzene ring substituents is 2. The number of unbranched alkanes of at least 4 members (excludes halogenated alkanes) is 3. The molecule has 0 spiro atoms. The van der Waals surface area contributed by atoms with Crippen LogP contribution in [0.2, 0.25) is 0 Å². The Morgan fingerprint density at radius 3 is 1.45 bits per heavy atom. The van der Waals surface area contributed by atoms with E-state index in [2.05, 4.69) is 19.1 Å². The molecule has 10 heteroatoms. The van der Waals surface area contributed by atoms with Gasteiger partial charge in [0.05, 0.1) is 32.3 Å². The first-order chi connectivity index (χ1) is 19.3. The Hall–Kier alpha value is -4.86. The van der Waals surface area contributed by atoms with Crippen LogP contribution < -0.4 is 0 Å². The summed E-state index contributed by atoms with van der Waals surface area (Å²) in [5.41, 5.74) is 6.02. The lowest BCUT2D eigenvalue weighted by molar-refractivity contribution is -0.384. The van der Waals surface area contributed by atoms with E-state index in [1.165, 1.54) is 0 Å². The minimum Gasteiger partial charge on any atom is -0.339 e. The van der Waals surface area contributed by atoms with Crippen molar-refractivity contribution in [1.82, 2.24) is 19.1 Å². The highest BCUT2D eigenvalue weighted by Crippen LogP contribution is 2.34. The van der Waals surface area contributed by atoms with Crippen LogP contribution >= 0.6 is 0 Å². The van der Waals surface area contributed by atoms with Gasteiger partial charge in [-0.2, -0.15) is 0 Å². The molecule has 0 fully saturated rings. The SMILES string of the molecule is Cc1nccc2c3cc([N+](=O)[O-])ccc3n(CCCCCCn3c4ccc([N+](=O)[O-])cc4c4ccnc(C)c43)c12. The van der Waals surface area contributed by atoms with Crippen LogP contribution in [0.4, 0.5) is 11.4 Å². The first-order valence-corrected chi connectivity index (χ1v) is 13.4. The minimum atomic E-state index is -0.355. The van der Waals surface area contributed by atoms with Crippen molar-refractivity contribution >= 4 is 55.0 Å². The second-order valence-electron chi connectivity index (χ2n) is 10.2. The zero-order valence-corrected chi connectivity index (χ0v) is 22.3. The summed E-state index contributed by atoms with van der Waals surface area (Å²) in [7, 11) is 0. The molecule has 0 atom stereocenters. The molecule has 0 aliphatic heterocycles. The standard InChI is InChI=1S/C30H28N6O4/c1-19-29-23(11-13-31-19)25-17-21(35(37)38)7-9-27(25)33(29)15-5-3-4-6-16-34-28-10-8-22(36(39)40)18-26(28)24-12-14-32-20(2)30(24)34/h7-14,17-18H,3-6,15-16H2,1-2H3. The number of nitro groups is 2. The number of nitrogens with zero attached hydrogens (tertiary/aromatic N) is 6. The van der Waals surface area contributed by atoms with Crippen LogP contribution in [0.3, 0.4) is 0 Å². The molecular formula is C30H28N6O4. The van der Waals surface area contributed by atoms with Crippen molar-refractivity contribution in [3.05, 3.63) is 92.5 Å². The molecule has 0 aliphatic carbocycles. The molecule has 0 aliphatic rings. The number of aromatic nitrogens is 4. The lowest BCUT2D eigenvalue weighted by Crippen LogP contribution is -2.02. The van der Waals surface area contributed by atoms with Crippen LogP contribution in [0, 0.1) is 34.1 Å². The Bertz CT molecular complexity index is 1810. The normalized spacial score (nSPS) is 11.8. The average molecular weight is 537 g/mol. The summed E-state index contributed by atoms with van der Waals surface area (Å²) in [6.45, 7) is 5.55. The molecule has 6 aromatic rings. The Morgan fingerprint density at radius 1 is 0.625 bits per heavy atom. The van der Waals surface area contributed by atoms with E-state index < -0.39 is 0 Å². The van der Waals surface area contributed by atoms with Crippen LogP contribution in [0.1, 0.15) is 37.1 Å². The summed E-state index contributed by atoms with van der Waals surface area (Å²) in [5, 5.41) is 26.5. The van der Waals surface area contributed by atoms with Gasteiger partial charge in [0.2, 0.25) is 0 Å². The molecular weight excluding hydrogens is 508 g/mol. The van der Waals surface area contributed by atoms with Gasteiger partial charge in [-0.3, -0.25) is 30.2 Å². The van der Waals surface area contributed by atoms with Gasteiger partial charge in [-0.15, -0.1) is 0 Å². The lowest BCUT2D eigenvalue weighted by Gasteiger charge is -2.10. The quantitative estimate of drug-likeness (QED) is 0.108. The molecule has 0 saturated heterocycles.